The molecule has 0 heterocycles. The molecule has 6 nitrogen and oxygen atoms in total. The molecule has 1 saturated carbocycles. The summed E-state index contributed by atoms with van der Waals surface area (Å²) >= 11 is 0. The first-order chi connectivity index (χ1) is 13.5. The Morgan fingerprint density at radius 3 is 2.61 bits per heavy atom. The highest BCUT2D eigenvalue weighted by atomic mass is 16.5. The van der Waals surface area contributed by atoms with E-state index in [9.17, 15) is 4.79 Å². The van der Waals surface area contributed by atoms with Crippen molar-refractivity contribution in [2.24, 2.45) is 10.4 Å². The number of amides is 1. The third kappa shape index (κ3) is 4.85. The minimum absolute atomic E-state index is 0.0806. The van der Waals surface area contributed by atoms with Crippen LogP contribution in [-0.4, -0.2) is 44.2 Å². The maximum Gasteiger partial charge on any atom is 0.251 e. The van der Waals surface area contributed by atoms with Crippen LogP contribution in [-0.2, 0) is 11.3 Å². The molecule has 1 fully saturated rings. The summed E-state index contributed by atoms with van der Waals surface area (Å²) in [5, 5.41) is 9.65. The van der Waals surface area contributed by atoms with Crippen LogP contribution in [0.5, 0.6) is 0 Å². The molecule has 1 aliphatic rings. The lowest BCUT2D eigenvalue weighted by Crippen LogP contribution is -2.65. The minimum Gasteiger partial charge on any atom is -0.378 e. The van der Waals surface area contributed by atoms with E-state index in [4.69, 9.17) is 9.73 Å². The highest BCUT2D eigenvalue weighted by molar-refractivity contribution is 5.94. The van der Waals surface area contributed by atoms with Crippen LogP contribution in [0.2, 0.25) is 0 Å². The second-order valence-corrected chi connectivity index (χ2v) is 7.29. The molecule has 0 radical (unpaired) electrons. The van der Waals surface area contributed by atoms with Crippen LogP contribution in [0.3, 0.4) is 0 Å². The van der Waals surface area contributed by atoms with E-state index in [1.54, 1.807) is 7.05 Å². The first-order valence-electron chi connectivity index (χ1n) is 10.5. The van der Waals surface area contributed by atoms with Gasteiger partial charge in [-0.3, -0.25) is 4.79 Å². The maximum absolute atomic E-state index is 11.8. The van der Waals surface area contributed by atoms with Crippen LogP contribution in [0.25, 0.3) is 0 Å². The van der Waals surface area contributed by atoms with Gasteiger partial charge in [0.2, 0.25) is 0 Å². The molecule has 2 rings (SSSR count). The number of benzene rings is 1. The Kier molecular flexibility index (Phi) is 8.30. The first kappa shape index (κ1) is 22.2. The average molecular weight is 389 g/mol. The Balaban J connectivity index is 2.10. The summed E-state index contributed by atoms with van der Waals surface area (Å²) in [7, 11) is 1.64. The zero-order chi connectivity index (χ0) is 20.6. The molecule has 2 atom stereocenters. The quantitative estimate of drug-likeness (QED) is 0.449. The highest BCUT2D eigenvalue weighted by Crippen LogP contribution is 2.48. The van der Waals surface area contributed by atoms with E-state index in [0.29, 0.717) is 24.3 Å². The Labute approximate surface area is 169 Å². The van der Waals surface area contributed by atoms with E-state index < -0.39 is 0 Å². The number of hydrogen-bond acceptors (Lipinski definition) is 3. The zero-order valence-electron chi connectivity index (χ0n) is 18.0. The van der Waals surface area contributed by atoms with E-state index in [1.165, 1.54) is 0 Å². The van der Waals surface area contributed by atoms with Crippen molar-refractivity contribution in [1.82, 2.24) is 16.0 Å². The second kappa shape index (κ2) is 10.5. The van der Waals surface area contributed by atoms with Gasteiger partial charge >= 0.3 is 0 Å². The molecule has 1 aromatic rings. The lowest BCUT2D eigenvalue weighted by atomic mass is 9.58. The molecule has 1 amide bonds. The summed E-state index contributed by atoms with van der Waals surface area (Å²) in [5.41, 5.74) is 1.82. The zero-order valence-corrected chi connectivity index (χ0v) is 18.0. The van der Waals surface area contributed by atoms with Gasteiger partial charge in [-0.05, 0) is 50.8 Å². The number of carbonyl (C=O) groups is 1. The smallest absolute Gasteiger partial charge is 0.251 e. The fourth-order valence-electron chi connectivity index (χ4n) is 4.19. The van der Waals surface area contributed by atoms with Gasteiger partial charge in [0.05, 0.1) is 12.6 Å². The fraction of sp³-hybridized carbons (Fsp3) is 0.636. The summed E-state index contributed by atoms with van der Waals surface area (Å²) in [6, 6.07) is 7.95. The number of nitrogens with one attached hydrogen (secondary N) is 3. The van der Waals surface area contributed by atoms with Crippen molar-refractivity contribution in [2.75, 3.05) is 20.2 Å². The summed E-state index contributed by atoms with van der Waals surface area (Å²) in [6.45, 7) is 10.7. The number of hydrogen-bond donors (Lipinski definition) is 3. The van der Waals surface area contributed by atoms with Crippen molar-refractivity contribution in [3.05, 3.63) is 35.4 Å². The molecular formula is C22H36N4O2. The van der Waals surface area contributed by atoms with E-state index in [-0.39, 0.29) is 11.3 Å². The number of rotatable bonds is 9. The molecule has 0 bridgehead atoms. The molecule has 0 saturated heterocycles. The van der Waals surface area contributed by atoms with Crippen LogP contribution in [0.1, 0.15) is 62.9 Å². The van der Waals surface area contributed by atoms with Gasteiger partial charge in [0.15, 0.2) is 5.96 Å². The Hall–Kier alpha value is -2.08. The van der Waals surface area contributed by atoms with Gasteiger partial charge in [0.1, 0.15) is 0 Å². The Morgan fingerprint density at radius 1 is 1.25 bits per heavy atom. The van der Waals surface area contributed by atoms with E-state index in [2.05, 4.69) is 43.6 Å². The van der Waals surface area contributed by atoms with Crippen LogP contribution >= 0.6 is 0 Å². The standard InChI is InChI=1S/C22H36N4O2/c1-6-22(7-2)18(14-19(22)28-9-4)26-21(24-8-3)25-15-16-11-10-12-17(13-16)20(27)23-5/h10-13,18-19H,6-9,14-15H2,1-5H3,(H,23,27)(H2,24,25,26). The summed E-state index contributed by atoms with van der Waals surface area (Å²) in [5.74, 6) is 0.738. The molecule has 6 heteroatoms. The summed E-state index contributed by atoms with van der Waals surface area (Å²) in [4.78, 5) is 16.6. The van der Waals surface area contributed by atoms with Crippen LogP contribution < -0.4 is 16.0 Å². The van der Waals surface area contributed by atoms with Crippen LogP contribution in [0, 0.1) is 5.41 Å². The average Bonchev–Trinajstić information content (AvgIpc) is 2.71. The maximum atomic E-state index is 11.8. The van der Waals surface area contributed by atoms with Gasteiger partial charge in [-0.25, -0.2) is 4.99 Å². The first-order valence-corrected chi connectivity index (χ1v) is 10.5. The molecule has 3 N–H and O–H groups in total. The molecule has 0 aromatic heterocycles. The molecule has 1 aliphatic carbocycles. The van der Waals surface area contributed by atoms with Crippen molar-refractivity contribution in [1.29, 1.82) is 0 Å². The number of ether oxygens (including phenoxy) is 1. The minimum atomic E-state index is -0.0806. The van der Waals surface area contributed by atoms with Gasteiger partial charge < -0.3 is 20.7 Å². The van der Waals surface area contributed by atoms with E-state index in [1.807, 2.05) is 24.3 Å². The van der Waals surface area contributed by atoms with Crippen molar-refractivity contribution in [3.63, 3.8) is 0 Å². The molecular weight excluding hydrogens is 352 g/mol. The monoisotopic (exact) mass is 388 g/mol. The van der Waals surface area contributed by atoms with Crippen LogP contribution in [0.15, 0.2) is 29.3 Å². The number of carbonyl (C=O) groups excluding carboxylic acids is 1. The van der Waals surface area contributed by atoms with E-state index >= 15 is 0 Å². The number of nitrogens with zero attached hydrogens (tertiary/aromatic N) is 1. The predicted molar refractivity (Wildman–Crippen MR) is 115 cm³/mol. The summed E-state index contributed by atoms with van der Waals surface area (Å²) in [6.07, 6.45) is 3.49. The Morgan fingerprint density at radius 2 is 2.00 bits per heavy atom. The molecule has 1 aromatic carbocycles. The van der Waals surface area contributed by atoms with Crippen molar-refractivity contribution < 1.29 is 9.53 Å². The second-order valence-electron chi connectivity index (χ2n) is 7.29. The number of guanidine groups is 1. The molecule has 2 unspecified atom stereocenters. The van der Waals surface area contributed by atoms with Gasteiger partial charge in [-0.1, -0.05) is 26.0 Å². The third-order valence-electron chi connectivity index (χ3n) is 5.96. The third-order valence-corrected chi connectivity index (χ3v) is 5.96. The van der Waals surface area contributed by atoms with E-state index in [0.717, 1.165) is 43.9 Å². The van der Waals surface area contributed by atoms with Gasteiger partial charge in [0, 0.05) is 37.2 Å². The van der Waals surface area contributed by atoms with Gasteiger partial charge in [0.25, 0.3) is 5.91 Å². The highest BCUT2D eigenvalue weighted by Gasteiger charge is 2.53. The SMILES string of the molecule is CCNC(=NCc1cccc(C(=O)NC)c1)NC1CC(OCC)C1(CC)CC. The number of aliphatic imine (C=N–C) groups is 1. The lowest BCUT2D eigenvalue weighted by Gasteiger charge is -2.55. The molecule has 0 spiro atoms. The van der Waals surface area contributed by atoms with Crippen molar-refractivity contribution in [3.8, 4) is 0 Å². The topological polar surface area (TPSA) is 74.8 Å². The van der Waals surface area contributed by atoms with Crippen molar-refractivity contribution in [2.45, 2.75) is 65.6 Å². The lowest BCUT2D eigenvalue weighted by molar-refractivity contribution is -0.133. The summed E-state index contributed by atoms with van der Waals surface area (Å²) < 4.78 is 5.98. The van der Waals surface area contributed by atoms with Crippen LogP contribution in [0.4, 0.5) is 0 Å². The predicted octanol–water partition coefficient (Wildman–Crippen LogP) is 3.09. The normalized spacial score (nSPS) is 21.0. The fourth-order valence-corrected chi connectivity index (χ4v) is 4.19. The van der Waals surface area contributed by atoms with Gasteiger partial charge in [-0.2, -0.15) is 0 Å². The molecule has 28 heavy (non-hydrogen) atoms. The Bertz CT molecular complexity index is 670. The van der Waals surface area contributed by atoms with Gasteiger partial charge in [-0.15, -0.1) is 0 Å². The van der Waals surface area contributed by atoms with Crippen molar-refractivity contribution >= 4 is 11.9 Å². The molecule has 156 valence electrons. The molecule has 0 aliphatic heterocycles. The largest absolute Gasteiger partial charge is 0.378 e.